The molecule has 1 aliphatic heterocycles. The summed E-state index contributed by atoms with van der Waals surface area (Å²) in [6, 6.07) is 1.59. The second-order valence-electron chi connectivity index (χ2n) is 4.67. The highest BCUT2D eigenvalue weighted by atomic mass is 35.5. The third-order valence-corrected chi connectivity index (χ3v) is 4.66. The SMILES string of the molecule is COC1=NN(NC(=O)NS(=O)(=O)c2ncccc2C(O)CCl)NC(Cl)=C1. The van der Waals surface area contributed by atoms with Crippen LogP contribution in [0.4, 0.5) is 4.79 Å². The Morgan fingerprint density at radius 1 is 1.54 bits per heavy atom. The fourth-order valence-corrected chi connectivity index (χ4v) is 3.24. The van der Waals surface area contributed by atoms with Crippen molar-refractivity contribution in [2.75, 3.05) is 13.0 Å². The molecule has 1 aromatic rings. The zero-order valence-electron chi connectivity index (χ0n) is 13.2. The molecule has 2 heterocycles. The van der Waals surface area contributed by atoms with E-state index in [1.54, 1.807) is 4.72 Å². The molecule has 0 aromatic carbocycles. The number of nitrogens with one attached hydrogen (secondary N) is 3. The van der Waals surface area contributed by atoms with E-state index in [-0.39, 0.29) is 22.5 Å². The molecule has 1 aromatic heterocycles. The van der Waals surface area contributed by atoms with Gasteiger partial charge in [-0.1, -0.05) is 22.8 Å². The summed E-state index contributed by atoms with van der Waals surface area (Å²) in [6.07, 6.45) is 1.26. The Kier molecular flexibility index (Phi) is 6.47. The summed E-state index contributed by atoms with van der Waals surface area (Å²) in [7, 11) is -3.07. The monoisotopic (exact) mass is 424 g/mol. The Hall–Kier alpha value is -2.28. The topological polar surface area (TPSA) is 145 Å². The van der Waals surface area contributed by atoms with Crippen LogP contribution in [0.15, 0.2) is 39.7 Å². The van der Waals surface area contributed by atoms with E-state index in [0.29, 0.717) is 0 Å². The summed E-state index contributed by atoms with van der Waals surface area (Å²) in [5.74, 6) is -0.188. The van der Waals surface area contributed by atoms with Crippen molar-refractivity contribution >= 4 is 45.2 Å². The molecule has 26 heavy (non-hydrogen) atoms. The number of urea groups is 1. The van der Waals surface area contributed by atoms with Crippen LogP contribution in [0, 0.1) is 0 Å². The quantitative estimate of drug-likeness (QED) is 0.385. The number of sulfonamides is 1. The number of aliphatic hydroxyl groups excluding tert-OH is 1. The van der Waals surface area contributed by atoms with Gasteiger partial charge in [0.15, 0.2) is 5.03 Å². The van der Waals surface area contributed by atoms with Crippen molar-refractivity contribution in [2.45, 2.75) is 11.1 Å². The smallest absolute Gasteiger partial charge is 0.350 e. The molecule has 0 spiro atoms. The van der Waals surface area contributed by atoms with E-state index in [1.165, 1.54) is 31.5 Å². The fourth-order valence-electron chi connectivity index (χ4n) is 1.80. The van der Waals surface area contributed by atoms with Crippen molar-refractivity contribution < 1.29 is 23.1 Å². The van der Waals surface area contributed by atoms with Gasteiger partial charge in [-0.25, -0.2) is 19.9 Å². The first-order valence-corrected chi connectivity index (χ1v) is 9.25. The van der Waals surface area contributed by atoms with Gasteiger partial charge >= 0.3 is 6.03 Å². The first kappa shape index (κ1) is 20.0. The Morgan fingerprint density at radius 2 is 2.27 bits per heavy atom. The standard InChI is InChI=1S/C12H14Cl2N6O5S/c1-25-10-5-9(14)16-20(17-10)18-12(22)19-26(23,24)11-7(8(21)6-13)3-2-4-15-11/h2-5,8,16,21H,6H2,1H3,(H2,18,19,22). The van der Waals surface area contributed by atoms with Crippen LogP contribution in [0.2, 0.25) is 0 Å². The second-order valence-corrected chi connectivity index (χ2v) is 6.99. The number of alkyl halides is 1. The van der Waals surface area contributed by atoms with Gasteiger partial charge in [0.25, 0.3) is 10.0 Å². The van der Waals surface area contributed by atoms with E-state index in [0.717, 1.165) is 5.23 Å². The van der Waals surface area contributed by atoms with Gasteiger partial charge in [-0.15, -0.1) is 16.8 Å². The first-order chi connectivity index (χ1) is 12.3. The van der Waals surface area contributed by atoms with Gasteiger partial charge in [0.1, 0.15) is 5.16 Å². The molecule has 0 fully saturated rings. The van der Waals surface area contributed by atoms with Gasteiger partial charge in [-0.3, -0.25) is 5.43 Å². The maximum Gasteiger partial charge on any atom is 0.350 e. The molecular formula is C12H14Cl2N6O5S. The molecule has 0 saturated carbocycles. The number of amides is 2. The molecule has 11 nitrogen and oxygen atoms in total. The Balaban J connectivity index is 2.14. The number of halogens is 2. The summed E-state index contributed by atoms with van der Waals surface area (Å²) in [6.45, 7) is 0. The maximum absolute atomic E-state index is 12.4. The van der Waals surface area contributed by atoms with Crippen molar-refractivity contribution in [1.29, 1.82) is 0 Å². The first-order valence-electron chi connectivity index (χ1n) is 6.85. The Morgan fingerprint density at radius 3 is 2.92 bits per heavy atom. The Labute approximate surface area is 158 Å². The van der Waals surface area contributed by atoms with E-state index in [2.05, 4.69) is 20.9 Å². The van der Waals surface area contributed by atoms with E-state index in [4.69, 9.17) is 27.9 Å². The maximum atomic E-state index is 12.4. The molecule has 0 bridgehead atoms. The molecule has 0 radical (unpaired) electrons. The number of carbonyl (C=O) groups excluding carboxylic acids is 1. The number of hydrogen-bond donors (Lipinski definition) is 4. The van der Waals surface area contributed by atoms with Crippen LogP contribution < -0.4 is 15.6 Å². The molecule has 4 N–H and O–H groups in total. The van der Waals surface area contributed by atoms with Crippen LogP contribution in [0.5, 0.6) is 0 Å². The molecule has 142 valence electrons. The lowest BCUT2D eigenvalue weighted by Crippen LogP contribution is -2.52. The van der Waals surface area contributed by atoms with Crippen molar-refractivity contribution in [3.8, 4) is 0 Å². The van der Waals surface area contributed by atoms with Crippen molar-refractivity contribution in [1.82, 2.24) is 25.8 Å². The third-order valence-electron chi connectivity index (χ3n) is 2.87. The van der Waals surface area contributed by atoms with E-state index in [9.17, 15) is 18.3 Å². The second kappa shape index (κ2) is 8.40. The molecular weight excluding hydrogens is 411 g/mol. The minimum atomic E-state index is -4.40. The van der Waals surface area contributed by atoms with Crippen molar-refractivity contribution in [2.24, 2.45) is 5.10 Å². The van der Waals surface area contributed by atoms with Crippen LogP contribution in [0.3, 0.4) is 0 Å². The lowest BCUT2D eigenvalue weighted by molar-refractivity contribution is 0.142. The predicted octanol–water partition coefficient (Wildman–Crippen LogP) is 0.117. The van der Waals surface area contributed by atoms with Crippen LogP contribution in [0.1, 0.15) is 11.7 Å². The highest BCUT2D eigenvalue weighted by Crippen LogP contribution is 2.21. The number of nitrogens with zero attached hydrogens (tertiary/aromatic N) is 3. The van der Waals surface area contributed by atoms with Crippen LogP contribution in [0.25, 0.3) is 0 Å². The van der Waals surface area contributed by atoms with Gasteiger partial charge in [0, 0.05) is 17.8 Å². The number of rotatable bonds is 5. The summed E-state index contributed by atoms with van der Waals surface area (Å²) in [4.78, 5) is 15.7. The number of hydrazone groups is 1. The number of hydrogen-bond acceptors (Lipinski definition) is 9. The van der Waals surface area contributed by atoms with E-state index in [1.807, 2.05) is 0 Å². The van der Waals surface area contributed by atoms with Gasteiger partial charge in [0.2, 0.25) is 5.90 Å². The average Bonchev–Trinajstić information content (AvgIpc) is 2.59. The number of methoxy groups -OCH3 is 1. The van der Waals surface area contributed by atoms with Crippen molar-refractivity contribution in [3.63, 3.8) is 0 Å². The predicted molar refractivity (Wildman–Crippen MR) is 92.1 cm³/mol. The number of hydrazine groups is 2. The minimum Gasteiger partial charge on any atom is -0.480 e. The number of aliphatic hydroxyl groups is 1. The number of ether oxygens (including phenoxy) is 1. The van der Waals surface area contributed by atoms with E-state index < -0.39 is 27.2 Å². The Bertz CT molecular complexity index is 846. The van der Waals surface area contributed by atoms with Crippen LogP contribution in [-0.2, 0) is 14.8 Å². The van der Waals surface area contributed by atoms with Gasteiger partial charge in [-0.2, -0.15) is 8.42 Å². The van der Waals surface area contributed by atoms with Gasteiger partial charge in [0.05, 0.1) is 19.1 Å². The number of carbonyl (C=O) groups is 1. The highest BCUT2D eigenvalue weighted by Gasteiger charge is 2.26. The summed E-state index contributed by atoms with van der Waals surface area (Å²) >= 11 is 11.3. The van der Waals surface area contributed by atoms with Gasteiger partial charge < -0.3 is 9.84 Å². The zero-order valence-corrected chi connectivity index (χ0v) is 15.5. The summed E-state index contributed by atoms with van der Waals surface area (Å²) < 4.78 is 31.4. The molecule has 0 saturated heterocycles. The van der Waals surface area contributed by atoms with Crippen LogP contribution >= 0.6 is 23.2 Å². The molecule has 1 unspecified atom stereocenters. The summed E-state index contributed by atoms with van der Waals surface area (Å²) in [5.41, 5.74) is 4.46. The van der Waals surface area contributed by atoms with E-state index >= 15 is 0 Å². The summed E-state index contributed by atoms with van der Waals surface area (Å²) in [5, 5.41) is 13.9. The third kappa shape index (κ3) is 4.88. The van der Waals surface area contributed by atoms with Crippen molar-refractivity contribution in [3.05, 3.63) is 35.1 Å². The molecule has 1 atom stereocenters. The molecule has 2 amide bonds. The number of pyridine rings is 1. The normalized spacial score (nSPS) is 15.3. The largest absolute Gasteiger partial charge is 0.480 e. The lowest BCUT2D eigenvalue weighted by Gasteiger charge is -2.24. The highest BCUT2D eigenvalue weighted by molar-refractivity contribution is 7.90. The molecule has 14 heteroatoms. The average molecular weight is 425 g/mol. The van der Waals surface area contributed by atoms with Gasteiger partial charge in [-0.05, 0) is 6.07 Å². The lowest BCUT2D eigenvalue weighted by atomic mass is 10.2. The zero-order chi connectivity index (χ0) is 19.3. The molecule has 0 aliphatic carbocycles. The molecule has 1 aliphatic rings. The minimum absolute atomic E-state index is 0.0513. The fraction of sp³-hybridized carbons (Fsp3) is 0.250. The van der Waals surface area contributed by atoms with Crippen LogP contribution in [-0.4, -0.2) is 48.7 Å². The number of aromatic nitrogens is 1. The molecule has 2 rings (SSSR count).